The van der Waals surface area contributed by atoms with Gasteiger partial charge in [0.15, 0.2) is 0 Å². The third-order valence-electron chi connectivity index (χ3n) is 2.17. The van der Waals surface area contributed by atoms with Crippen LogP contribution < -0.4 is 5.32 Å². The highest BCUT2D eigenvalue weighted by atomic mass is 35.5. The number of amides is 1. The van der Waals surface area contributed by atoms with E-state index in [9.17, 15) is 4.79 Å². The highest BCUT2D eigenvalue weighted by Gasteiger charge is 2.02. The Bertz CT molecular complexity index is 423. The van der Waals surface area contributed by atoms with E-state index in [4.69, 9.17) is 23.2 Å². The van der Waals surface area contributed by atoms with Gasteiger partial charge in [0, 0.05) is 24.5 Å². The van der Waals surface area contributed by atoms with Crippen molar-refractivity contribution in [1.29, 1.82) is 0 Å². The molecule has 18 heavy (non-hydrogen) atoms. The third kappa shape index (κ3) is 5.80. The van der Waals surface area contributed by atoms with Crippen LogP contribution in [0.15, 0.2) is 30.9 Å². The second-order valence-corrected chi connectivity index (χ2v) is 5.56. The number of benzene rings is 1. The summed E-state index contributed by atoms with van der Waals surface area (Å²) in [6.07, 6.45) is 2.18. The first-order chi connectivity index (χ1) is 8.63. The molecular weight excluding hydrogens is 289 g/mol. The van der Waals surface area contributed by atoms with Crippen LogP contribution >= 0.6 is 35.0 Å². The molecule has 0 saturated heterocycles. The monoisotopic (exact) mass is 303 g/mol. The zero-order chi connectivity index (χ0) is 13.4. The van der Waals surface area contributed by atoms with Gasteiger partial charge in [0.2, 0.25) is 5.91 Å². The Morgan fingerprint density at radius 2 is 2.17 bits per heavy atom. The summed E-state index contributed by atoms with van der Waals surface area (Å²) in [5.74, 6) is 1.66. The largest absolute Gasteiger partial charge is 0.353 e. The minimum atomic E-state index is 0.0524. The van der Waals surface area contributed by atoms with Crippen LogP contribution in [0.1, 0.15) is 12.0 Å². The Labute approximate surface area is 122 Å². The number of hydrogen-bond acceptors (Lipinski definition) is 2. The SMILES string of the molecule is C=CCNC(=O)CCSCc1ccc(Cl)c(Cl)c1. The third-order valence-corrected chi connectivity index (χ3v) is 3.94. The van der Waals surface area contributed by atoms with Crippen molar-refractivity contribution < 1.29 is 4.79 Å². The molecule has 1 aromatic rings. The lowest BCUT2D eigenvalue weighted by Gasteiger charge is -2.04. The molecule has 0 aromatic heterocycles. The zero-order valence-corrected chi connectivity index (χ0v) is 12.2. The molecule has 0 radical (unpaired) electrons. The van der Waals surface area contributed by atoms with Crippen LogP contribution in [0.2, 0.25) is 10.0 Å². The molecule has 0 heterocycles. The molecule has 2 nitrogen and oxygen atoms in total. The van der Waals surface area contributed by atoms with Crippen molar-refractivity contribution in [1.82, 2.24) is 5.32 Å². The number of rotatable bonds is 7. The first-order valence-electron chi connectivity index (χ1n) is 5.52. The molecule has 0 aliphatic heterocycles. The molecule has 0 saturated carbocycles. The number of carbonyl (C=O) groups excluding carboxylic acids is 1. The maximum Gasteiger partial charge on any atom is 0.221 e. The minimum Gasteiger partial charge on any atom is -0.353 e. The molecule has 1 N–H and O–H groups in total. The van der Waals surface area contributed by atoms with E-state index in [2.05, 4.69) is 11.9 Å². The Balaban J connectivity index is 2.23. The van der Waals surface area contributed by atoms with E-state index in [-0.39, 0.29) is 5.91 Å². The van der Waals surface area contributed by atoms with Gasteiger partial charge in [0.05, 0.1) is 10.0 Å². The molecule has 1 amide bonds. The minimum absolute atomic E-state index is 0.0524. The summed E-state index contributed by atoms with van der Waals surface area (Å²) in [4.78, 5) is 11.3. The number of thioether (sulfide) groups is 1. The van der Waals surface area contributed by atoms with Crippen molar-refractivity contribution in [3.05, 3.63) is 46.5 Å². The highest BCUT2D eigenvalue weighted by Crippen LogP contribution is 2.24. The van der Waals surface area contributed by atoms with Crippen molar-refractivity contribution in [2.45, 2.75) is 12.2 Å². The normalized spacial score (nSPS) is 10.1. The lowest BCUT2D eigenvalue weighted by atomic mass is 10.2. The zero-order valence-electron chi connectivity index (χ0n) is 9.92. The Morgan fingerprint density at radius 3 is 2.83 bits per heavy atom. The summed E-state index contributed by atoms with van der Waals surface area (Å²) in [5, 5.41) is 3.87. The van der Waals surface area contributed by atoms with E-state index >= 15 is 0 Å². The van der Waals surface area contributed by atoms with E-state index in [1.165, 1.54) is 0 Å². The van der Waals surface area contributed by atoms with Crippen LogP contribution in [0, 0.1) is 0 Å². The summed E-state index contributed by atoms with van der Waals surface area (Å²) in [5.41, 5.74) is 1.11. The maximum atomic E-state index is 11.3. The number of halogens is 2. The van der Waals surface area contributed by atoms with Crippen LogP contribution in [0.3, 0.4) is 0 Å². The molecule has 0 spiro atoms. The summed E-state index contributed by atoms with van der Waals surface area (Å²) >= 11 is 13.4. The average molecular weight is 304 g/mol. The number of carbonyl (C=O) groups is 1. The molecule has 0 fully saturated rings. The van der Waals surface area contributed by atoms with Gasteiger partial charge in [-0.25, -0.2) is 0 Å². The van der Waals surface area contributed by atoms with Gasteiger partial charge in [-0.05, 0) is 17.7 Å². The standard InChI is InChI=1S/C13H15Cl2NOS/c1-2-6-16-13(17)5-7-18-9-10-3-4-11(14)12(15)8-10/h2-4,8H,1,5-7,9H2,(H,16,17). The van der Waals surface area contributed by atoms with Crippen LogP contribution in [-0.4, -0.2) is 18.2 Å². The predicted octanol–water partition coefficient (Wildman–Crippen LogP) is 3.92. The summed E-state index contributed by atoms with van der Waals surface area (Å²) in [6, 6.07) is 5.59. The predicted molar refractivity (Wildman–Crippen MR) is 80.4 cm³/mol. The van der Waals surface area contributed by atoms with E-state index in [1.807, 2.05) is 12.1 Å². The molecule has 98 valence electrons. The summed E-state index contributed by atoms with van der Waals surface area (Å²) in [7, 11) is 0. The smallest absolute Gasteiger partial charge is 0.221 e. The first kappa shape index (κ1) is 15.4. The fraction of sp³-hybridized carbons (Fsp3) is 0.308. The van der Waals surface area contributed by atoms with E-state index in [1.54, 1.807) is 23.9 Å². The quantitative estimate of drug-likeness (QED) is 0.611. The van der Waals surface area contributed by atoms with Crippen molar-refractivity contribution in [3.63, 3.8) is 0 Å². The molecule has 1 rings (SSSR count). The number of hydrogen-bond donors (Lipinski definition) is 1. The van der Waals surface area contributed by atoms with Crippen LogP contribution in [0.5, 0.6) is 0 Å². The van der Waals surface area contributed by atoms with Crippen molar-refractivity contribution in [2.75, 3.05) is 12.3 Å². The Hall–Kier alpha value is -0.640. The fourth-order valence-electron chi connectivity index (χ4n) is 1.26. The lowest BCUT2D eigenvalue weighted by Crippen LogP contribution is -2.23. The Morgan fingerprint density at radius 1 is 1.39 bits per heavy atom. The van der Waals surface area contributed by atoms with E-state index in [0.29, 0.717) is 23.0 Å². The molecule has 5 heteroatoms. The highest BCUT2D eigenvalue weighted by molar-refractivity contribution is 7.98. The maximum absolute atomic E-state index is 11.3. The van der Waals surface area contributed by atoms with Crippen molar-refractivity contribution in [2.24, 2.45) is 0 Å². The fourth-order valence-corrected chi connectivity index (χ4v) is 2.47. The van der Waals surface area contributed by atoms with Gasteiger partial charge in [0.25, 0.3) is 0 Å². The van der Waals surface area contributed by atoms with Crippen LogP contribution in [0.25, 0.3) is 0 Å². The summed E-state index contributed by atoms with van der Waals surface area (Å²) < 4.78 is 0. The average Bonchev–Trinajstić information content (AvgIpc) is 2.36. The van der Waals surface area contributed by atoms with Gasteiger partial charge in [0.1, 0.15) is 0 Å². The Kier molecular flexibility index (Phi) is 7.25. The molecule has 0 aliphatic rings. The van der Waals surface area contributed by atoms with E-state index < -0.39 is 0 Å². The second-order valence-electron chi connectivity index (χ2n) is 3.64. The molecule has 0 aliphatic carbocycles. The van der Waals surface area contributed by atoms with Crippen molar-refractivity contribution >= 4 is 40.9 Å². The lowest BCUT2D eigenvalue weighted by molar-refractivity contribution is -0.120. The van der Waals surface area contributed by atoms with Gasteiger partial charge >= 0.3 is 0 Å². The van der Waals surface area contributed by atoms with Crippen molar-refractivity contribution in [3.8, 4) is 0 Å². The van der Waals surface area contributed by atoms with Gasteiger partial charge in [-0.15, -0.1) is 6.58 Å². The van der Waals surface area contributed by atoms with Gasteiger partial charge in [-0.3, -0.25) is 4.79 Å². The second kappa shape index (κ2) is 8.46. The summed E-state index contributed by atoms with van der Waals surface area (Å²) in [6.45, 7) is 4.06. The molecule has 0 bridgehead atoms. The topological polar surface area (TPSA) is 29.1 Å². The van der Waals surface area contributed by atoms with E-state index in [0.717, 1.165) is 17.1 Å². The first-order valence-corrected chi connectivity index (χ1v) is 7.44. The van der Waals surface area contributed by atoms with Gasteiger partial charge < -0.3 is 5.32 Å². The number of nitrogens with one attached hydrogen (secondary N) is 1. The molecule has 1 aromatic carbocycles. The molecule has 0 atom stereocenters. The molecular formula is C13H15Cl2NOS. The van der Waals surface area contributed by atoms with Crippen LogP contribution in [0.4, 0.5) is 0 Å². The van der Waals surface area contributed by atoms with Gasteiger partial charge in [-0.1, -0.05) is 35.3 Å². The van der Waals surface area contributed by atoms with Gasteiger partial charge in [-0.2, -0.15) is 11.8 Å². The molecule has 0 unspecified atom stereocenters. The van der Waals surface area contributed by atoms with Crippen LogP contribution in [-0.2, 0) is 10.5 Å².